The molecule has 1 saturated heterocycles. The maximum Gasteiger partial charge on any atom is 0.325 e. The molecule has 5 nitrogen and oxygen atoms in total. The normalized spacial score (nSPS) is 20.4. The Bertz CT molecular complexity index is 495. The van der Waals surface area contributed by atoms with Crippen molar-refractivity contribution in [2.75, 3.05) is 19.9 Å². The molecule has 2 aliphatic rings. The molecule has 5 heteroatoms. The summed E-state index contributed by atoms with van der Waals surface area (Å²) in [6.07, 6.45) is 4.50. The van der Waals surface area contributed by atoms with Crippen molar-refractivity contribution in [3.63, 3.8) is 0 Å². The van der Waals surface area contributed by atoms with Crippen LogP contribution >= 0.6 is 0 Å². The van der Waals surface area contributed by atoms with E-state index in [1.165, 1.54) is 12.8 Å². The van der Waals surface area contributed by atoms with Crippen LogP contribution in [0, 0.1) is 0 Å². The fourth-order valence-electron chi connectivity index (χ4n) is 2.95. The Kier molecular flexibility index (Phi) is 3.78. The minimum absolute atomic E-state index is 0.209. The van der Waals surface area contributed by atoms with Crippen LogP contribution in [0.3, 0.4) is 0 Å². The zero-order valence-corrected chi connectivity index (χ0v) is 11.4. The molecule has 0 spiro atoms. The fourth-order valence-corrected chi connectivity index (χ4v) is 2.95. The first-order chi connectivity index (χ1) is 9.75. The van der Waals surface area contributed by atoms with Crippen molar-refractivity contribution in [3.8, 4) is 11.5 Å². The highest BCUT2D eigenvalue weighted by Gasteiger charge is 2.29. The number of aliphatic carboxylic acids is 1. The van der Waals surface area contributed by atoms with E-state index >= 15 is 0 Å². The second-order valence-corrected chi connectivity index (χ2v) is 5.30. The molecular formula is C15H19NO4. The molecular weight excluding hydrogens is 258 g/mol. The predicted octanol–water partition coefficient (Wildman–Crippen LogP) is 2.42. The molecule has 0 radical (unpaired) electrons. The number of rotatable bonds is 3. The Hall–Kier alpha value is -1.75. The van der Waals surface area contributed by atoms with Crippen molar-refractivity contribution in [3.05, 3.63) is 23.8 Å². The lowest BCUT2D eigenvalue weighted by atomic mass is 10.0. The zero-order valence-electron chi connectivity index (χ0n) is 11.4. The van der Waals surface area contributed by atoms with Crippen LogP contribution in [0.4, 0.5) is 0 Å². The van der Waals surface area contributed by atoms with Crippen molar-refractivity contribution in [1.82, 2.24) is 4.90 Å². The molecule has 1 aromatic carbocycles. The Morgan fingerprint density at radius 2 is 1.80 bits per heavy atom. The highest BCUT2D eigenvalue weighted by molar-refractivity contribution is 5.76. The average molecular weight is 277 g/mol. The lowest BCUT2D eigenvalue weighted by molar-refractivity contribution is -0.143. The van der Waals surface area contributed by atoms with Crippen molar-refractivity contribution in [2.24, 2.45) is 0 Å². The summed E-state index contributed by atoms with van der Waals surface area (Å²) < 4.78 is 10.6. The summed E-state index contributed by atoms with van der Waals surface area (Å²) >= 11 is 0. The monoisotopic (exact) mass is 277 g/mol. The van der Waals surface area contributed by atoms with Gasteiger partial charge in [0, 0.05) is 0 Å². The van der Waals surface area contributed by atoms with Crippen LogP contribution in [0.1, 0.15) is 37.3 Å². The summed E-state index contributed by atoms with van der Waals surface area (Å²) in [6.45, 7) is 1.89. The summed E-state index contributed by atoms with van der Waals surface area (Å²) in [5, 5.41) is 9.61. The Labute approximate surface area is 118 Å². The molecule has 108 valence electrons. The standard InChI is InChI=1S/C15H19NO4/c17-15(18)14(16-7-3-1-2-4-8-16)11-5-6-12-13(9-11)20-10-19-12/h5-6,9,14H,1-4,7-8,10H2,(H,17,18)/t14-/m0/s1. The van der Waals surface area contributed by atoms with Crippen LogP contribution in [0.25, 0.3) is 0 Å². The highest BCUT2D eigenvalue weighted by atomic mass is 16.7. The van der Waals surface area contributed by atoms with E-state index in [2.05, 4.69) is 4.90 Å². The van der Waals surface area contributed by atoms with Gasteiger partial charge in [0.15, 0.2) is 11.5 Å². The maximum absolute atomic E-state index is 11.7. The van der Waals surface area contributed by atoms with Crippen LogP contribution in [0.2, 0.25) is 0 Å². The van der Waals surface area contributed by atoms with Crippen molar-refractivity contribution < 1.29 is 19.4 Å². The molecule has 0 saturated carbocycles. The third kappa shape index (κ3) is 2.58. The smallest absolute Gasteiger partial charge is 0.325 e. The van der Waals surface area contributed by atoms with Crippen LogP contribution in [0.15, 0.2) is 18.2 Å². The van der Waals surface area contributed by atoms with Crippen LogP contribution < -0.4 is 9.47 Å². The van der Waals surface area contributed by atoms with Gasteiger partial charge in [-0.1, -0.05) is 18.9 Å². The highest BCUT2D eigenvalue weighted by Crippen LogP contribution is 2.36. The van der Waals surface area contributed by atoms with E-state index in [9.17, 15) is 9.90 Å². The molecule has 0 aromatic heterocycles. The Morgan fingerprint density at radius 1 is 1.10 bits per heavy atom. The van der Waals surface area contributed by atoms with Gasteiger partial charge in [0.05, 0.1) is 0 Å². The minimum Gasteiger partial charge on any atom is -0.480 e. The molecule has 1 atom stereocenters. The third-order valence-electron chi connectivity index (χ3n) is 3.95. The largest absolute Gasteiger partial charge is 0.480 e. The fraction of sp³-hybridized carbons (Fsp3) is 0.533. The third-order valence-corrected chi connectivity index (χ3v) is 3.95. The first kappa shape index (κ1) is 13.2. The van der Waals surface area contributed by atoms with Crippen molar-refractivity contribution in [1.29, 1.82) is 0 Å². The number of hydrogen-bond donors (Lipinski definition) is 1. The van der Waals surface area contributed by atoms with E-state index in [-0.39, 0.29) is 6.79 Å². The van der Waals surface area contributed by atoms with E-state index in [0.717, 1.165) is 31.5 Å². The van der Waals surface area contributed by atoms with E-state index in [1.807, 2.05) is 6.07 Å². The second-order valence-electron chi connectivity index (χ2n) is 5.30. The van der Waals surface area contributed by atoms with Gasteiger partial charge >= 0.3 is 5.97 Å². The predicted molar refractivity (Wildman–Crippen MR) is 73.0 cm³/mol. The number of carboxylic acid groups (broad SMARTS) is 1. The molecule has 2 aliphatic heterocycles. The summed E-state index contributed by atoms with van der Waals surface area (Å²) in [6, 6.07) is 4.83. The van der Waals surface area contributed by atoms with Gasteiger partial charge < -0.3 is 14.6 Å². The second kappa shape index (κ2) is 5.71. The number of carbonyl (C=O) groups is 1. The summed E-state index contributed by atoms with van der Waals surface area (Å²) in [5.74, 6) is 0.531. The number of hydrogen-bond acceptors (Lipinski definition) is 4. The average Bonchev–Trinajstić information content (AvgIpc) is 2.73. The van der Waals surface area contributed by atoms with Crippen LogP contribution in [0.5, 0.6) is 11.5 Å². The van der Waals surface area contributed by atoms with Gasteiger partial charge in [0.2, 0.25) is 6.79 Å². The summed E-state index contributed by atoms with van der Waals surface area (Å²) in [7, 11) is 0. The lowest BCUT2D eigenvalue weighted by Gasteiger charge is -2.27. The van der Waals surface area contributed by atoms with Crippen LogP contribution in [-0.2, 0) is 4.79 Å². The van der Waals surface area contributed by atoms with Gasteiger partial charge in [0.1, 0.15) is 6.04 Å². The molecule has 1 fully saturated rings. The number of likely N-dealkylation sites (tertiary alicyclic amines) is 1. The number of benzene rings is 1. The van der Waals surface area contributed by atoms with Gasteiger partial charge in [-0.25, -0.2) is 0 Å². The number of nitrogens with zero attached hydrogens (tertiary/aromatic N) is 1. The van der Waals surface area contributed by atoms with E-state index < -0.39 is 12.0 Å². The van der Waals surface area contributed by atoms with Gasteiger partial charge in [-0.05, 0) is 43.6 Å². The molecule has 0 aliphatic carbocycles. The molecule has 2 heterocycles. The molecule has 1 aromatic rings. The van der Waals surface area contributed by atoms with E-state index in [0.29, 0.717) is 11.5 Å². The Balaban J connectivity index is 1.87. The molecule has 0 amide bonds. The minimum atomic E-state index is -0.800. The maximum atomic E-state index is 11.7. The molecule has 1 N–H and O–H groups in total. The van der Waals surface area contributed by atoms with Gasteiger partial charge in [-0.2, -0.15) is 0 Å². The first-order valence-electron chi connectivity index (χ1n) is 7.12. The van der Waals surface area contributed by atoms with Crippen LogP contribution in [-0.4, -0.2) is 35.9 Å². The summed E-state index contributed by atoms with van der Waals surface area (Å²) in [5.41, 5.74) is 0.767. The molecule has 20 heavy (non-hydrogen) atoms. The van der Waals surface area contributed by atoms with E-state index in [1.54, 1.807) is 12.1 Å². The topological polar surface area (TPSA) is 59.0 Å². The van der Waals surface area contributed by atoms with Crippen molar-refractivity contribution >= 4 is 5.97 Å². The Morgan fingerprint density at radius 3 is 2.50 bits per heavy atom. The molecule has 0 unspecified atom stereocenters. The van der Waals surface area contributed by atoms with E-state index in [4.69, 9.17) is 9.47 Å². The number of carboxylic acids is 1. The summed E-state index contributed by atoms with van der Waals surface area (Å²) in [4.78, 5) is 13.8. The zero-order chi connectivity index (χ0) is 13.9. The molecule has 3 rings (SSSR count). The van der Waals surface area contributed by atoms with Crippen molar-refractivity contribution in [2.45, 2.75) is 31.7 Å². The first-order valence-corrected chi connectivity index (χ1v) is 7.12. The quantitative estimate of drug-likeness (QED) is 0.919. The SMILES string of the molecule is O=C(O)[C@H](c1ccc2c(c1)OCO2)N1CCCCCC1. The molecule has 0 bridgehead atoms. The number of fused-ring (bicyclic) bond motifs is 1. The number of ether oxygens (including phenoxy) is 2. The van der Waals surface area contributed by atoms with Gasteiger partial charge in [-0.15, -0.1) is 0 Å². The van der Waals surface area contributed by atoms with Gasteiger partial charge in [0.25, 0.3) is 0 Å². The van der Waals surface area contributed by atoms with Gasteiger partial charge in [-0.3, -0.25) is 9.69 Å². The lowest BCUT2D eigenvalue weighted by Crippen LogP contribution is -2.34.